The Bertz CT molecular complexity index is 1150. The van der Waals surface area contributed by atoms with Crippen LogP contribution < -0.4 is 16.2 Å². The van der Waals surface area contributed by atoms with Crippen LogP contribution in [0.25, 0.3) is 16.7 Å². The number of ether oxygens (including phenoxy) is 2. The normalized spacial score (nSPS) is 16.3. The first-order chi connectivity index (χ1) is 14.3. The molecule has 8 nitrogen and oxygen atoms in total. The summed E-state index contributed by atoms with van der Waals surface area (Å²) in [4.78, 5) is 16.9. The fraction of sp³-hybridized carbons (Fsp3) is 0.364. The molecule has 2 aromatic heterocycles. The summed E-state index contributed by atoms with van der Waals surface area (Å²) in [5, 5.41) is 10.8. The van der Waals surface area contributed by atoms with Gasteiger partial charge in [-0.2, -0.15) is 4.98 Å². The predicted octanol–water partition coefficient (Wildman–Crippen LogP) is 2.75. The van der Waals surface area contributed by atoms with E-state index in [0.717, 1.165) is 24.2 Å². The van der Waals surface area contributed by atoms with Crippen LogP contribution in [0.5, 0.6) is 11.6 Å². The number of carbonyl (C=O) groups excluding carboxylic acids is 1. The second-order valence-electron chi connectivity index (χ2n) is 7.86. The molecule has 5 N–H and O–H groups in total. The SMILES string of the molecule is Cc1cc2c(C(N)=O)c(N)n(-c3c(C)ccc(O)c3C)c2nc1OC[C@@H]1CCOC1. The molecule has 0 aliphatic carbocycles. The number of fused-ring (bicyclic) bond motifs is 1. The Balaban J connectivity index is 1.93. The second kappa shape index (κ2) is 7.53. The van der Waals surface area contributed by atoms with Gasteiger partial charge in [0.05, 0.1) is 24.5 Å². The number of nitrogen functional groups attached to an aromatic ring is 1. The predicted molar refractivity (Wildman–Crippen MR) is 114 cm³/mol. The minimum atomic E-state index is -0.635. The highest BCUT2D eigenvalue weighted by atomic mass is 16.5. The molecule has 0 spiro atoms. The fourth-order valence-corrected chi connectivity index (χ4v) is 4.02. The number of anilines is 1. The highest BCUT2D eigenvalue weighted by Crippen LogP contribution is 2.37. The molecule has 4 rings (SSSR count). The molecule has 0 unspecified atom stereocenters. The van der Waals surface area contributed by atoms with Crippen molar-refractivity contribution in [1.82, 2.24) is 9.55 Å². The van der Waals surface area contributed by atoms with E-state index in [4.69, 9.17) is 25.9 Å². The third kappa shape index (κ3) is 3.23. The lowest BCUT2D eigenvalue weighted by Crippen LogP contribution is -2.14. The number of rotatable bonds is 5. The Morgan fingerprint density at radius 2 is 2.10 bits per heavy atom. The molecule has 1 atom stereocenters. The van der Waals surface area contributed by atoms with Crippen LogP contribution in [-0.4, -0.2) is 40.4 Å². The molecular weight excluding hydrogens is 384 g/mol. The van der Waals surface area contributed by atoms with Crippen molar-refractivity contribution in [1.29, 1.82) is 0 Å². The number of aryl methyl sites for hydroxylation is 2. The number of nitrogens with two attached hydrogens (primary N) is 2. The van der Waals surface area contributed by atoms with Crippen molar-refractivity contribution < 1.29 is 19.4 Å². The van der Waals surface area contributed by atoms with Gasteiger partial charge in [0.15, 0.2) is 5.65 Å². The average Bonchev–Trinajstić information content (AvgIpc) is 3.30. The molecule has 1 aliphatic heterocycles. The summed E-state index contributed by atoms with van der Waals surface area (Å²) in [7, 11) is 0. The molecule has 8 heteroatoms. The molecule has 0 saturated carbocycles. The van der Waals surface area contributed by atoms with Crippen LogP contribution in [0.2, 0.25) is 0 Å². The maximum absolute atomic E-state index is 12.2. The molecule has 1 amide bonds. The Kier molecular flexibility index (Phi) is 5.03. The summed E-state index contributed by atoms with van der Waals surface area (Å²) in [6, 6.07) is 5.24. The third-order valence-electron chi connectivity index (χ3n) is 5.68. The molecule has 0 bridgehead atoms. The summed E-state index contributed by atoms with van der Waals surface area (Å²) in [6.45, 7) is 7.49. The van der Waals surface area contributed by atoms with E-state index in [9.17, 15) is 9.90 Å². The number of hydrogen-bond acceptors (Lipinski definition) is 6. The summed E-state index contributed by atoms with van der Waals surface area (Å²) in [5.41, 5.74) is 15.7. The molecule has 0 radical (unpaired) electrons. The summed E-state index contributed by atoms with van der Waals surface area (Å²) < 4.78 is 13.1. The minimum Gasteiger partial charge on any atom is -0.508 e. The summed E-state index contributed by atoms with van der Waals surface area (Å²) in [5.74, 6) is 0.477. The average molecular weight is 410 g/mol. The first kappa shape index (κ1) is 20.0. The minimum absolute atomic E-state index is 0.127. The lowest BCUT2D eigenvalue weighted by Gasteiger charge is -2.16. The van der Waals surface area contributed by atoms with E-state index < -0.39 is 5.91 Å². The van der Waals surface area contributed by atoms with Gasteiger partial charge in [-0.25, -0.2) is 0 Å². The van der Waals surface area contributed by atoms with E-state index in [2.05, 4.69) is 0 Å². The highest BCUT2D eigenvalue weighted by Gasteiger charge is 2.25. The zero-order chi connectivity index (χ0) is 21.6. The topological polar surface area (TPSA) is 126 Å². The van der Waals surface area contributed by atoms with Crippen molar-refractivity contribution in [3.8, 4) is 17.3 Å². The fourth-order valence-electron chi connectivity index (χ4n) is 4.02. The summed E-state index contributed by atoms with van der Waals surface area (Å²) in [6.07, 6.45) is 0.956. The number of benzene rings is 1. The van der Waals surface area contributed by atoms with E-state index in [1.165, 1.54) is 0 Å². The van der Waals surface area contributed by atoms with E-state index in [1.807, 2.05) is 19.9 Å². The van der Waals surface area contributed by atoms with Gasteiger partial charge < -0.3 is 26.0 Å². The van der Waals surface area contributed by atoms with Crippen LogP contribution in [0, 0.1) is 26.7 Å². The Labute approximate surface area is 174 Å². The standard InChI is InChI=1S/C22H26N4O4/c1-11-4-5-16(27)13(3)18(11)26-19(23)17(20(24)28)15-8-12(2)22(25-21(15)26)30-10-14-6-7-29-9-14/h4-5,8,14,27H,6-7,9-10,23H2,1-3H3,(H2,24,28)/t14-/m1/s1. The molecule has 3 aromatic rings. The quantitative estimate of drug-likeness (QED) is 0.594. The van der Waals surface area contributed by atoms with Crippen LogP contribution in [0.1, 0.15) is 33.5 Å². The number of phenolic OH excluding ortho intramolecular Hbond substituents is 1. The van der Waals surface area contributed by atoms with Gasteiger partial charge in [-0.05, 0) is 44.9 Å². The molecule has 3 heterocycles. The summed E-state index contributed by atoms with van der Waals surface area (Å²) >= 11 is 0. The van der Waals surface area contributed by atoms with E-state index in [1.54, 1.807) is 23.6 Å². The lowest BCUT2D eigenvalue weighted by atomic mass is 10.1. The van der Waals surface area contributed by atoms with E-state index in [-0.39, 0.29) is 17.1 Å². The van der Waals surface area contributed by atoms with Gasteiger partial charge in [0.1, 0.15) is 11.6 Å². The van der Waals surface area contributed by atoms with Gasteiger partial charge in [-0.1, -0.05) is 6.07 Å². The number of primary amides is 1. The van der Waals surface area contributed by atoms with Crippen molar-refractivity contribution >= 4 is 22.8 Å². The maximum Gasteiger partial charge on any atom is 0.253 e. The van der Waals surface area contributed by atoms with Crippen LogP contribution >= 0.6 is 0 Å². The van der Waals surface area contributed by atoms with Gasteiger partial charge in [-0.3, -0.25) is 9.36 Å². The largest absolute Gasteiger partial charge is 0.508 e. The van der Waals surface area contributed by atoms with Crippen LogP contribution in [0.4, 0.5) is 5.82 Å². The first-order valence-electron chi connectivity index (χ1n) is 9.91. The molecule has 158 valence electrons. The van der Waals surface area contributed by atoms with E-state index >= 15 is 0 Å². The van der Waals surface area contributed by atoms with Gasteiger partial charge in [-0.15, -0.1) is 0 Å². The maximum atomic E-state index is 12.2. The Morgan fingerprint density at radius 1 is 1.33 bits per heavy atom. The molecule has 30 heavy (non-hydrogen) atoms. The number of hydrogen-bond donors (Lipinski definition) is 3. The molecule has 1 aromatic carbocycles. The van der Waals surface area contributed by atoms with Crippen molar-refractivity contribution in [2.45, 2.75) is 27.2 Å². The number of amides is 1. The van der Waals surface area contributed by atoms with Gasteiger partial charge in [0, 0.05) is 29.0 Å². The molecule has 1 aliphatic rings. The number of aromatic nitrogens is 2. The monoisotopic (exact) mass is 410 g/mol. The van der Waals surface area contributed by atoms with E-state index in [0.29, 0.717) is 47.3 Å². The number of carbonyl (C=O) groups is 1. The van der Waals surface area contributed by atoms with Crippen molar-refractivity contribution in [2.75, 3.05) is 25.6 Å². The molecular formula is C22H26N4O4. The lowest BCUT2D eigenvalue weighted by molar-refractivity contribution is 0.100. The molecule has 1 saturated heterocycles. The smallest absolute Gasteiger partial charge is 0.253 e. The highest BCUT2D eigenvalue weighted by molar-refractivity contribution is 6.11. The van der Waals surface area contributed by atoms with Crippen LogP contribution in [-0.2, 0) is 4.74 Å². The zero-order valence-electron chi connectivity index (χ0n) is 17.4. The molecule has 1 fully saturated rings. The number of phenols is 1. The third-order valence-corrected chi connectivity index (χ3v) is 5.68. The Hall–Kier alpha value is -3.26. The zero-order valence-corrected chi connectivity index (χ0v) is 17.4. The Morgan fingerprint density at radius 3 is 2.77 bits per heavy atom. The number of aromatic hydroxyl groups is 1. The second-order valence-corrected chi connectivity index (χ2v) is 7.86. The first-order valence-corrected chi connectivity index (χ1v) is 9.91. The number of nitrogens with zero attached hydrogens (tertiary/aromatic N) is 2. The van der Waals surface area contributed by atoms with Gasteiger partial charge in [0.2, 0.25) is 5.88 Å². The number of pyridine rings is 1. The van der Waals surface area contributed by atoms with Crippen molar-refractivity contribution in [2.24, 2.45) is 11.7 Å². The van der Waals surface area contributed by atoms with Gasteiger partial charge in [0.25, 0.3) is 5.91 Å². The van der Waals surface area contributed by atoms with Crippen molar-refractivity contribution in [3.63, 3.8) is 0 Å². The van der Waals surface area contributed by atoms with Gasteiger partial charge >= 0.3 is 0 Å². The van der Waals surface area contributed by atoms with Crippen LogP contribution in [0.15, 0.2) is 18.2 Å². The van der Waals surface area contributed by atoms with Crippen molar-refractivity contribution in [3.05, 3.63) is 40.5 Å². The van der Waals surface area contributed by atoms with Crippen LogP contribution in [0.3, 0.4) is 0 Å².